The Labute approximate surface area is 662 Å². The predicted octanol–water partition coefficient (Wildman–Crippen LogP) is -20.2. The van der Waals surface area contributed by atoms with E-state index >= 15 is 0 Å². The zero-order chi connectivity index (χ0) is 87.0. The number of aliphatic hydroxyl groups is 26. The van der Waals surface area contributed by atoms with Gasteiger partial charge in [0.2, 0.25) is 23.6 Å². The molecule has 0 aromatic heterocycles. The number of carbonyl (C=O) groups excluding carboxylic acids is 4. The summed E-state index contributed by atoms with van der Waals surface area (Å²) in [4.78, 5) is 63.8. The summed E-state index contributed by atoms with van der Waals surface area (Å²) in [6.45, 7) is -5.38. The van der Waals surface area contributed by atoms with Gasteiger partial charge in [0.15, 0.2) is 44.0 Å². The van der Waals surface area contributed by atoms with Crippen LogP contribution in [0.4, 0.5) is 0 Å². The van der Waals surface area contributed by atoms with E-state index in [0.717, 1.165) is 27.7 Å². The van der Waals surface area contributed by atoms with E-state index in [4.69, 9.17) is 75.8 Å². The van der Waals surface area contributed by atoms with E-state index in [1.165, 1.54) is 6.92 Å². The predicted molar refractivity (Wildman–Crippen MR) is 361 cm³/mol. The van der Waals surface area contributed by atoms with Crippen molar-refractivity contribution in [3.8, 4) is 0 Å². The van der Waals surface area contributed by atoms with Crippen molar-refractivity contribution in [3.05, 3.63) is 0 Å². The zero-order valence-electron chi connectivity index (χ0n) is 63.1. The molecule has 8 saturated heterocycles. The third kappa shape index (κ3) is 22.4. The summed E-state index contributed by atoms with van der Waals surface area (Å²) in [6.07, 6.45) is -86.8. The Morgan fingerprint density at radius 1 is 0.410 bits per heavy atom. The molecule has 45 atom stereocenters. The highest BCUT2D eigenvalue weighted by Gasteiger charge is 2.63. The van der Waals surface area contributed by atoms with Gasteiger partial charge in [-0.15, -0.1) is 0 Å². The highest BCUT2D eigenvalue weighted by Crippen LogP contribution is 2.41. The van der Waals surface area contributed by atoms with Crippen molar-refractivity contribution in [1.82, 2.24) is 21.3 Å². The van der Waals surface area contributed by atoms with Gasteiger partial charge >= 0.3 is 5.97 Å². The van der Waals surface area contributed by atoms with Gasteiger partial charge in [0.05, 0.1) is 83.8 Å². The Kier molecular flexibility index (Phi) is 35.9. The molecule has 8 rings (SSSR count). The van der Waals surface area contributed by atoms with Gasteiger partial charge in [-0.1, -0.05) is 0 Å². The van der Waals surface area contributed by atoms with E-state index in [9.17, 15) is 162 Å². The molecule has 0 aliphatic carbocycles. The summed E-state index contributed by atoms with van der Waals surface area (Å²) in [5, 5.41) is 308. The summed E-state index contributed by atoms with van der Waals surface area (Å²) in [7, 11) is 0. The summed E-state index contributed by atoms with van der Waals surface area (Å²) in [5.74, 6) is -9.17. The average molecular weight is 1720 g/mol. The maximum atomic E-state index is 13.2. The second-order valence-corrected chi connectivity index (χ2v) is 29.4. The summed E-state index contributed by atoms with van der Waals surface area (Å²) >= 11 is 0. The van der Waals surface area contributed by atoms with Crippen LogP contribution in [-0.2, 0) is 99.8 Å². The molecule has 31 N–H and O–H groups in total. The van der Waals surface area contributed by atoms with Gasteiger partial charge < -0.3 is 235 Å². The first-order valence-electron chi connectivity index (χ1n) is 37.0. The third-order valence-corrected chi connectivity index (χ3v) is 20.9. The fourth-order valence-electron chi connectivity index (χ4n) is 14.6. The molecule has 8 heterocycles. The molecule has 0 saturated carbocycles. The Bertz CT molecular complexity index is 3140. The first kappa shape index (κ1) is 98.1. The summed E-state index contributed by atoms with van der Waals surface area (Å²) in [6, 6.07) is -7.52. The maximum Gasteiger partial charge on any atom is 0.364 e. The van der Waals surface area contributed by atoms with Crippen LogP contribution in [0.2, 0.25) is 0 Å². The van der Waals surface area contributed by atoms with E-state index in [1.54, 1.807) is 0 Å². The molecule has 0 radical (unpaired) electrons. The molecule has 8 unspecified atom stereocenters. The lowest BCUT2D eigenvalue weighted by atomic mass is 9.88. The van der Waals surface area contributed by atoms with Crippen molar-refractivity contribution in [1.29, 1.82) is 0 Å². The van der Waals surface area contributed by atoms with Crippen molar-refractivity contribution in [3.63, 3.8) is 0 Å². The summed E-state index contributed by atoms with van der Waals surface area (Å²) < 4.78 is 93.5. The molecule has 4 amide bonds. The number of aliphatic carboxylic acids is 1. The minimum Gasteiger partial charge on any atom is -0.477 e. The molecule has 52 nitrogen and oxygen atoms in total. The monoisotopic (exact) mass is 1710 g/mol. The third-order valence-electron chi connectivity index (χ3n) is 20.9. The lowest BCUT2D eigenvalue weighted by molar-refractivity contribution is -0.392. The lowest BCUT2D eigenvalue weighted by Crippen LogP contribution is -2.71. The van der Waals surface area contributed by atoms with Gasteiger partial charge in [-0.3, -0.25) is 19.2 Å². The number of aliphatic hydroxyl groups excluding tert-OH is 26. The highest BCUT2D eigenvalue weighted by atomic mass is 16.8. The molecule has 0 aromatic rings. The molecule has 8 fully saturated rings. The molecule has 8 aliphatic heterocycles. The lowest BCUT2D eigenvalue weighted by Gasteiger charge is -2.51. The van der Waals surface area contributed by atoms with Crippen molar-refractivity contribution in [2.45, 2.75) is 316 Å². The van der Waals surface area contributed by atoms with Gasteiger partial charge in [-0.25, -0.2) is 4.79 Å². The zero-order valence-corrected chi connectivity index (χ0v) is 63.1. The summed E-state index contributed by atoms with van der Waals surface area (Å²) in [5.41, 5.74) is 0. The molecule has 0 aromatic carbocycles. The molecular weight excluding hydrogens is 1600 g/mol. The Balaban J connectivity index is 1.07. The van der Waals surface area contributed by atoms with Gasteiger partial charge in [0.1, 0.15) is 201 Å². The SMILES string of the molecule is CC(=O)N[C@H]1[C@H]([C@H](O)[C@H](O)CO)OC(O[C@H]2[C@@H](O)[C@@H](CO)OC(O[C@H]3[C@H](O)[C@@H](NC(C)=O)C(O[C@@H]4C(OC[C@H]5OC(O[C@H]6[C@H](O)[C@@H](NC(C)=O)C(O[C@@H]([C@H](O)[C@H](CO)NC(C)=O)[C@H](O)COC7O[C@@H](C)[C@@H](O)[C@@H](O)[C@@H]7O)O[C@@H]6CO)[C@@H](O)[C@@H](OC6O[C@H](CO)[C@@H](O)[C@H](O)[C@@H]6O)[C@@H]5O)O[C@H](CO)[C@@H](O)[C@@H]4O)O[C@@H]3CO)[C@@H]2O)(C(=O)O)C[C@@H]1O. The smallest absolute Gasteiger partial charge is 0.364 e. The van der Waals surface area contributed by atoms with E-state index in [0.29, 0.717) is 0 Å². The first-order chi connectivity index (χ1) is 55.1. The fraction of sp³-hybridized carbons (Fsp3) is 0.923. The number of amides is 4. The van der Waals surface area contributed by atoms with Crippen LogP contribution < -0.4 is 21.3 Å². The van der Waals surface area contributed by atoms with Gasteiger partial charge in [-0.2, -0.15) is 0 Å². The largest absolute Gasteiger partial charge is 0.477 e. The van der Waals surface area contributed by atoms with Crippen LogP contribution in [0.15, 0.2) is 0 Å². The molecule has 117 heavy (non-hydrogen) atoms. The van der Waals surface area contributed by atoms with E-state index in [-0.39, 0.29) is 0 Å². The van der Waals surface area contributed by atoms with Crippen LogP contribution in [0.25, 0.3) is 0 Å². The van der Waals surface area contributed by atoms with Gasteiger partial charge in [0.25, 0.3) is 5.79 Å². The number of ether oxygens (including phenoxy) is 16. The first-order valence-corrected chi connectivity index (χ1v) is 37.0. The number of carboxylic acids is 1. The van der Waals surface area contributed by atoms with Crippen LogP contribution in [0.1, 0.15) is 41.0 Å². The Morgan fingerprint density at radius 2 is 0.846 bits per heavy atom. The number of carboxylic acid groups (broad SMARTS) is 1. The molecule has 52 heteroatoms. The van der Waals surface area contributed by atoms with E-state index in [1.807, 2.05) is 0 Å². The minimum atomic E-state index is -3.29. The van der Waals surface area contributed by atoms with Crippen molar-refractivity contribution >= 4 is 29.6 Å². The van der Waals surface area contributed by atoms with Crippen molar-refractivity contribution in [2.24, 2.45) is 0 Å². The van der Waals surface area contributed by atoms with E-state index in [2.05, 4.69) is 21.3 Å². The van der Waals surface area contributed by atoms with Crippen LogP contribution in [-0.4, -0.2) is 502 Å². The number of nitrogens with one attached hydrogen (secondary N) is 4. The van der Waals surface area contributed by atoms with E-state index < -0.39 is 371 Å². The van der Waals surface area contributed by atoms with Crippen LogP contribution >= 0.6 is 0 Å². The number of carbonyl (C=O) groups is 5. The van der Waals surface area contributed by atoms with Crippen molar-refractivity contribution < 1.29 is 238 Å². The normalized spacial score (nSPS) is 45.0. The fourth-order valence-corrected chi connectivity index (χ4v) is 14.6. The Morgan fingerprint density at radius 3 is 1.36 bits per heavy atom. The second-order valence-electron chi connectivity index (χ2n) is 29.4. The molecule has 0 spiro atoms. The highest BCUT2D eigenvalue weighted by molar-refractivity contribution is 5.77. The second kappa shape index (κ2) is 42.8. The molecule has 8 aliphatic rings. The Hall–Kier alpha value is -4.33. The molecule has 0 bridgehead atoms. The maximum absolute atomic E-state index is 13.2. The van der Waals surface area contributed by atoms with Crippen LogP contribution in [0.3, 0.4) is 0 Å². The van der Waals surface area contributed by atoms with Gasteiger partial charge in [0, 0.05) is 34.1 Å². The molecule has 678 valence electrons. The quantitative estimate of drug-likeness (QED) is 0.0280. The minimum absolute atomic E-state index is 0.849. The standard InChI is InChI=1S/C65H110N4O48/c1-16-34(84)43(93)46(96)59(104-16)102-14-24(83)50(35(85)21(7-70)66-17(2)77)111-57-32(68-19(4)79)41(91)51(28(12-75)108-57)112-61-48(98)54(114-60-47(97)44(94)37(87)25(9-72)105-60)40(90)30(110-61)15-103-63-56(45(95)38(88)26(10-73)107-63)115-58-33(69-20(5)80)42(92)52(29(13-76)109-58)113-62-49(99)55(39(89)27(11-74)106-62)117-65(64(100)101)6-22(81)31(67-18(3)78)53(116-65)36(86)23(82)8-71/h16,21-63,70-76,81-99H,6-15H2,1-5H3,(H,66,77)(H,67,78)(H,68,79)(H,69,80)(H,100,101)/t16-,21-,22-,23+,24+,25+,26+,27+,28+,29+,30+,31+,32+,33+,34+,35+,36+,37+,38+,39-,40+,41+,42+,43+,44-,45-,46-,47-,48-,49+,50+,51+,52+,53+,54-,55-,56-,57?,58?,59?,60?,61?,62?,63?,65?/m0/s1. The van der Waals surface area contributed by atoms with Crippen molar-refractivity contribution in [2.75, 3.05) is 59.5 Å². The van der Waals surface area contributed by atoms with Crippen LogP contribution in [0.5, 0.6) is 0 Å². The van der Waals surface area contributed by atoms with Crippen LogP contribution in [0, 0.1) is 0 Å². The number of hydrogen-bond donors (Lipinski definition) is 31. The average Bonchev–Trinajstić information content (AvgIpc) is 0.754. The molecular formula is C65H110N4O48. The van der Waals surface area contributed by atoms with Gasteiger partial charge in [-0.05, 0) is 6.92 Å². The number of hydrogen-bond acceptors (Lipinski definition) is 47. The number of rotatable bonds is 35. The topological polar surface area (TPSA) is 827 Å².